The lowest BCUT2D eigenvalue weighted by Gasteiger charge is -2.37. The monoisotopic (exact) mass is 231 g/mol. The number of hydrogen-bond donors (Lipinski definition) is 2. The van der Waals surface area contributed by atoms with Gasteiger partial charge in [-0.15, -0.1) is 0 Å². The van der Waals surface area contributed by atoms with Crippen LogP contribution < -0.4 is 16.4 Å². The van der Waals surface area contributed by atoms with Crippen molar-refractivity contribution in [3.8, 4) is 0 Å². The van der Waals surface area contributed by atoms with E-state index in [2.05, 4.69) is 9.98 Å². The van der Waals surface area contributed by atoms with E-state index in [1.807, 2.05) is 42.2 Å². The van der Waals surface area contributed by atoms with Gasteiger partial charge in [-0.3, -0.25) is 9.89 Å². The van der Waals surface area contributed by atoms with Crippen LogP contribution in [0.3, 0.4) is 0 Å². The summed E-state index contributed by atoms with van der Waals surface area (Å²) in [6.45, 7) is 1.96. The predicted octanol–water partition coefficient (Wildman–Crippen LogP) is 0.771. The van der Waals surface area contributed by atoms with Crippen LogP contribution in [0.2, 0.25) is 0 Å². The van der Waals surface area contributed by atoms with Gasteiger partial charge in [0.2, 0.25) is 5.96 Å². The van der Waals surface area contributed by atoms with Crippen LogP contribution in [-0.4, -0.2) is 25.0 Å². The molecule has 1 aromatic rings. The number of rotatable bonds is 1. The minimum Gasteiger partial charge on any atom is -0.387 e. The summed E-state index contributed by atoms with van der Waals surface area (Å²) in [5.41, 5.74) is 13.0. The molecule has 4 N–H and O–H groups in total. The molecule has 0 aliphatic carbocycles. The van der Waals surface area contributed by atoms with Crippen molar-refractivity contribution in [3.63, 3.8) is 0 Å². The first kappa shape index (κ1) is 11.6. The lowest BCUT2D eigenvalue weighted by Crippen LogP contribution is -2.56. The fourth-order valence-electron chi connectivity index (χ4n) is 1.84. The molecule has 1 aromatic carbocycles. The second kappa shape index (κ2) is 4.55. The third kappa shape index (κ3) is 2.01. The number of hydrogen-bond acceptors (Lipinski definition) is 3. The molecule has 0 saturated carbocycles. The van der Waals surface area contributed by atoms with Crippen LogP contribution in [0.5, 0.6) is 0 Å². The maximum Gasteiger partial charge on any atom is 0.227 e. The Bertz CT molecular complexity index is 451. The zero-order valence-corrected chi connectivity index (χ0v) is 10.0. The highest BCUT2D eigenvalue weighted by Crippen LogP contribution is 2.22. The van der Waals surface area contributed by atoms with E-state index in [1.165, 1.54) is 0 Å². The van der Waals surface area contributed by atoms with Gasteiger partial charge >= 0.3 is 0 Å². The van der Waals surface area contributed by atoms with Crippen molar-refractivity contribution in [3.05, 3.63) is 30.3 Å². The Hall–Kier alpha value is -1.88. The molecule has 0 spiro atoms. The third-order valence-corrected chi connectivity index (χ3v) is 2.96. The van der Waals surface area contributed by atoms with E-state index in [0.717, 1.165) is 5.69 Å². The second-order valence-electron chi connectivity index (χ2n) is 4.05. The summed E-state index contributed by atoms with van der Waals surface area (Å²) >= 11 is 0. The van der Waals surface area contributed by atoms with Crippen LogP contribution >= 0.6 is 0 Å². The van der Waals surface area contributed by atoms with E-state index in [-0.39, 0.29) is 12.1 Å². The van der Waals surface area contributed by atoms with Gasteiger partial charge in [0.1, 0.15) is 5.84 Å². The van der Waals surface area contributed by atoms with Crippen molar-refractivity contribution in [1.82, 2.24) is 0 Å². The molecule has 90 valence electrons. The Balaban J connectivity index is 2.46. The van der Waals surface area contributed by atoms with Gasteiger partial charge in [-0.05, 0) is 12.1 Å². The Labute approximate surface area is 101 Å². The first-order chi connectivity index (χ1) is 8.15. The Kier molecular flexibility index (Phi) is 3.10. The molecule has 5 heteroatoms. The molecule has 17 heavy (non-hydrogen) atoms. The third-order valence-electron chi connectivity index (χ3n) is 2.96. The van der Waals surface area contributed by atoms with E-state index in [0.29, 0.717) is 11.8 Å². The number of guanidine groups is 1. The zero-order chi connectivity index (χ0) is 12.4. The Morgan fingerprint density at radius 3 is 2.53 bits per heavy atom. The predicted molar refractivity (Wildman–Crippen MR) is 71.0 cm³/mol. The number of aliphatic imine (C=N–C) groups is 2. The maximum atomic E-state index is 6.20. The minimum atomic E-state index is -0.242. The molecule has 1 heterocycles. The van der Waals surface area contributed by atoms with E-state index in [1.54, 1.807) is 7.05 Å². The van der Waals surface area contributed by atoms with Crippen molar-refractivity contribution < 1.29 is 0 Å². The number of para-hydroxylation sites is 1. The number of benzene rings is 1. The average molecular weight is 231 g/mol. The molecule has 0 fully saturated rings. The Morgan fingerprint density at radius 1 is 1.29 bits per heavy atom. The van der Waals surface area contributed by atoms with Crippen LogP contribution in [-0.2, 0) is 0 Å². The molecule has 1 aliphatic rings. The summed E-state index contributed by atoms with van der Waals surface area (Å²) in [7, 11) is 1.69. The second-order valence-corrected chi connectivity index (χ2v) is 4.05. The summed E-state index contributed by atoms with van der Waals surface area (Å²) < 4.78 is 0. The number of nitrogens with two attached hydrogens (primary N) is 2. The van der Waals surface area contributed by atoms with Gasteiger partial charge in [-0.25, -0.2) is 0 Å². The van der Waals surface area contributed by atoms with Crippen molar-refractivity contribution in [2.45, 2.75) is 13.1 Å². The molecular formula is C12H17N5. The average Bonchev–Trinajstić information content (AvgIpc) is 2.36. The molecule has 2 unspecified atom stereocenters. The molecule has 5 nitrogen and oxygen atoms in total. The van der Waals surface area contributed by atoms with E-state index >= 15 is 0 Å². The van der Waals surface area contributed by atoms with Crippen molar-refractivity contribution in [2.75, 3.05) is 11.9 Å². The largest absolute Gasteiger partial charge is 0.387 e. The van der Waals surface area contributed by atoms with Crippen LogP contribution in [0.4, 0.5) is 5.69 Å². The van der Waals surface area contributed by atoms with Gasteiger partial charge in [0.15, 0.2) is 0 Å². The topological polar surface area (TPSA) is 80.0 Å². The normalized spacial score (nSPS) is 27.1. The summed E-state index contributed by atoms with van der Waals surface area (Å²) in [6.07, 6.45) is -0.242. The minimum absolute atomic E-state index is 0.000654. The van der Waals surface area contributed by atoms with Gasteiger partial charge in [0, 0.05) is 18.7 Å². The molecule has 0 amide bonds. The fourth-order valence-corrected chi connectivity index (χ4v) is 1.84. The summed E-state index contributed by atoms with van der Waals surface area (Å²) in [4.78, 5) is 10.3. The van der Waals surface area contributed by atoms with Crippen molar-refractivity contribution in [2.24, 2.45) is 27.4 Å². The van der Waals surface area contributed by atoms with Crippen LogP contribution in [0.15, 0.2) is 40.3 Å². The lowest BCUT2D eigenvalue weighted by atomic mass is 10.0. The highest BCUT2D eigenvalue weighted by Gasteiger charge is 2.31. The fraction of sp³-hybridized carbons (Fsp3) is 0.333. The zero-order valence-electron chi connectivity index (χ0n) is 10.0. The number of amidine groups is 1. The molecule has 0 saturated heterocycles. The van der Waals surface area contributed by atoms with Gasteiger partial charge in [-0.2, -0.15) is 4.99 Å². The standard InChI is InChI=1S/C12H17N5/c1-8-10(13)16-12(15-2)17(11(8)14)9-6-4-3-5-7-9/h3-8,11H,14H2,1-2H3,(H2,13,15,16). The summed E-state index contributed by atoms with van der Waals surface area (Å²) in [5, 5.41) is 0. The molecular weight excluding hydrogens is 214 g/mol. The van der Waals surface area contributed by atoms with Crippen molar-refractivity contribution in [1.29, 1.82) is 0 Å². The van der Waals surface area contributed by atoms with E-state index < -0.39 is 0 Å². The smallest absolute Gasteiger partial charge is 0.227 e. The molecule has 0 radical (unpaired) electrons. The van der Waals surface area contributed by atoms with Crippen LogP contribution in [0, 0.1) is 5.92 Å². The molecule has 2 rings (SSSR count). The van der Waals surface area contributed by atoms with Gasteiger partial charge in [0.25, 0.3) is 0 Å². The highest BCUT2D eigenvalue weighted by atomic mass is 15.4. The Morgan fingerprint density at radius 2 is 1.94 bits per heavy atom. The molecule has 0 bridgehead atoms. The van der Waals surface area contributed by atoms with Gasteiger partial charge in [-0.1, -0.05) is 25.1 Å². The van der Waals surface area contributed by atoms with E-state index in [9.17, 15) is 0 Å². The molecule has 0 aromatic heterocycles. The number of nitrogens with zero attached hydrogens (tertiary/aromatic N) is 3. The first-order valence-electron chi connectivity index (χ1n) is 5.56. The first-order valence-corrected chi connectivity index (χ1v) is 5.56. The molecule has 1 aliphatic heterocycles. The van der Waals surface area contributed by atoms with E-state index in [4.69, 9.17) is 11.5 Å². The lowest BCUT2D eigenvalue weighted by molar-refractivity contribution is 0.564. The van der Waals surface area contributed by atoms with Crippen LogP contribution in [0.25, 0.3) is 0 Å². The van der Waals surface area contributed by atoms with Crippen LogP contribution in [0.1, 0.15) is 6.92 Å². The van der Waals surface area contributed by atoms with Gasteiger partial charge < -0.3 is 11.5 Å². The quantitative estimate of drug-likeness (QED) is 0.749. The van der Waals surface area contributed by atoms with Crippen molar-refractivity contribution >= 4 is 17.5 Å². The summed E-state index contributed by atoms with van der Waals surface area (Å²) in [5.74, 6) is 1.09. The van der Waals surface area contributed by atoms with Gasteiger partial charge in [0.05, 0.1) is 6.17 Å². The summed E-state index contributed by atoms with van der Waals surface area (Å²) in [6, 6.07) is 9.84. The SMILES string of the molecule is CN=C1N=C(N)C(C)C(N)N1c1ccccc1. The number of anilines is 1. The molecule has 2 atom stereocenters. The highest BCUT2D eigenvalue weighted by molar-refractivity contribution is 6.07. The maximum absolute atomic E-state index is 6.20.